The molecule has 0 saturated carbocycles. The molecule has 0 bridgehead atoms. The van der Waals surface area contributed by atoms with Gasteiger partial charge in [0.1, 0.15) is 6.04 Å². The summed E-state index contributed by atoms with van der Waals surface area (Å²) in [5.74, 6) is 0.637. The maximum absolute atomic E-state index is 12.9. The summed E-state index contributed by atoms with van der Waals surface area (Å²) in [7, 11) is -0.660. The molecule has 1 unspecified atom stereocenters. The molecule has 2 saturated heterocycles. The lowest BCUT2D eigenvalue weighted by atomic mass is 10.2. The first kappa shape index (κ1) is 18.0. The number of carbonyl (C=O) groups excluding carboxylic acids is 1. The maximum Gasteiger partial charge on any atom is 0.323 e. The predicted molar refractivity (Wildman–Crippen MR) is 89.2 cm³/mol. The predicted octanol–water partition coefficient (Wildman–Crippen LogP) is 0.326. The molecule has 0 amide bonds. The van der Waals surface area contributed by atoms with E-state index in [1.165, 1.54) is 30.7 Å². The average molecular weight is 370 g/mol. The molecule has 3 rings (SSSR count). The molecular weight excluding hydrogens is 348 g/mol. The number of sulfonamides is 1. The van der Waals surface area contributed by atoms with Crippen molar-refractivity contribution in [3.63, 3.8) is 0 Å². The van der Waals surface area contributed by atoms with Gasteiger partial charge in [0.15, 0.2) is 11.5 Å². The maximum atomic E-state index is 12.9. The number of rotatable bonds is 5. The van der Waals surface area contributed by atoms with E-state index < -0.39 is 10.0 Å². The Morgan fingerprint density at radius 3 is 2.32 bits per heavy atom. The first-order valence-electron chi connectivity index (χ1n) is 8.10. The lowest BCUT2D eigenvalue weighted by molar-refractivity contribution is -0.142. The first-order chi connectivity index (χ1) is 12.0. The summed E-state index contributed by atoms with van der Waals surface area (Å²) in [6.07, 6.45) is 0.668. The zero-order valence-corrected chi connectivity index (χ0v) is 15.1. The molecule has 0 radical (unpaired) electrons. The van der Waals surface area contributed by atoms with Gasteiger partial charge in [0.2, 0.25) is 10.0 Å². The van der Waals surface area contributed by atoms with Crippen molar-refractivity contribution in [2.45, 2.75) is 17.4 Å². The van der Waals surface area contributed by atoms with Crippen molar-refractivity contribution in [1.29, 1.82) is 0 Å². The number of hydrogen-bond donors (Lipinski definition) is 0. The Bertz CT molecular complexity index is 743. The summed E-state index contributed by atoms with van der Waals surface area (Å²) in [6, 6.07) is 4.31. The minimum atomic E-state index is -3.63. The Kier molecular flexibility index (Phi) is 5.16. The summed E-state index contributed by atoms with van der Waals surface area (Å²) in [5.41, 5.74) is 0. The highest BCUT2D eigenvalue weighted by molar-refractivity contribution is 7.89. The fourth-order valence-corrected chi connectivity index (χ4v) is 4.64. The third-order valence-corrected chi connectivity index (χ3v) is 6.51. The molecule has 2 fully saturated rings. The second kappa shape index (κ2) is 7.19. The smallest absolute Gasteiger partial charge is 0.323 e. The number of esters is 1. The largest absolute Gasteiger partial charge is 0.493 e. The third-order valence-electron chi connectivity index (χ3n) is 4.61. The third kappa shape index (κ3) is 3.44. The van der Waals surface area contributed by atoms with Crippen LogP contribution < -0.4 is 9.47 Å². The Labute approximate surface area is 147 Å². The molecule has 138 valence electrons. The Morgan fingerprint density at radius 2 is 1.76 bits per heavy atom. The fourth-order valence-electron chi connectivity index (χ4n) is 3.20. The standard InChI is InChI=1S/C16H22N2O6S/c1-22-14-4-3-12(11-15(14)23-2)25(20,21)18-8-6-17(7-9-18)13-5-10-24-16(13)19/h3-4,11,13H,5-10H2,1-2H3. The fraction of sp³-hybridized carbons (Fsp3) is 0.562. The lowest BCUT2D eigenvalue weighted by Crippen LogP contribution is -2.52. The van der Waals surface area contributed by atoms with Gasteiger partial charge in [-0.25, -0.2) is 8.42 Å². The van der Waals surface area contributed by atoms with E-state index in [0.717, 1.165) is 0 Å². The molecule has 0 aromatic heterocycles. The summed E-state index contributed by atoms with van der Waals surface area (Å²) < 4.78 is 42.5. The van der Waals surface area contributed by atoms with Crippen LogP contribution in [-0.4, -0.2) is 76.6 Å². The van der Waals surface area contributed by atoms with E-state index >= 15 is 0 Å². The Hall–Kier alpha value is -1.84. The van der Waals surface area contributed by atoms with Crippen molar-refractivity contribution < 1.29 is 27.4 Å². The van der Waals surface area contributed by atoms with Crippen LogP contribution in [0.15, 0.2) is 23.1 Å². The summed E-state index contributed by atoms with van der Waals surface area (Å²) in [4.78, 5) is 13.8. The van der Waals surface area contributed by atoms with Gasteiger partial charge < -0.3 is 14.2 Å². The molecule has 8 nitrogen and oxygen atoms in total. The molecule has 0 spiro atoms. The van der Waals surface area contributed by atoms with E-state index in [1.54, 1.807) is 6.07 Å². The molecule has 9 heteroatoms. The van der Waals surface area contributed by atoms with Crippen molar-refractivity contribution in [3.8, 4) is 11.5 Å². The van der Waals surface area contributed by atoms with Crippen molar-refractivity contribution in [2.24, 2.45) is 0 Å². The quantitative estimate of drug-likeness (QED) is 0.690. The van der Waals surface area contributed by atoms with E-state index in [0.29, 0.717) is 50.7 Å². The van der Waals surface area contributed by atoms with Crippen molar-refractivity contribution in [1.82, 2.24) is 9.21 Å². The zero-order valence-electron chi connectivity index (χ0n) is 14.3. The van der Waals surface area contributed by atoms with Crippen LogP contribution in [0.25, 0.3) is 0 Å². The molecule has 25 heavy (non-hydrogen) atoms. The molecule has 1 atom stereocenters. The Morgan fingerprint density at radius 1 is 1.08 bits per heavy atom. The van der Waals surface area contributed by atoms with Gasteiger partial charge in [0.25, 0.3) is 0 Å². The number of methoxy groups -OCH3 is 2. The molecule has 1 aromatic carbocycles. The Balaban J connectivity index is 1.72. The number of nitrogens with zero attached hydrogens (tertiary/aromatic N) is 2. The minimum Gasteiger partial charge on any atom is -0.493 e. The molecule has 1 aromatic rings. The van der Waals surface area contributed by atoms with Crippen LogP contribution in [-0.2, 0) is 19.6 Å². The highest BCUT2D eigenvalue weighted by Crippen LogP contribution is 2.31. The van der Waals surface area contributed by atoms with Crippen molar-refractivity contribution in [3.05, 3.63) is 18.2 Å². The van der Waals surface area contributed by atoms with Gasteiger partial charge >= 0.3 is 5.97 Å². The van der Waals surface area contributed by atoms with E-state index in [9.17, 15) is 13.2 Å². The van der Waals surface area contributed by atoms with Crippen molar-refractivity contribution in [2.75, 3.05) is 47.0 Å². The number of benzene rings is 1. The second-order valence-electron chi connectivity index (χ2n) is 5.93. The number of cyclic esters (lactones) is 1. The number of carbonyl (C=O) groups is 1. The molecule has 2 heterocycles. The normalized spacial score (nSPS) is 22.6. The number of hydrogen-bond acceptors (Lipinski definition) is 7. The minimum absolute atomic E-state index is 0.166. The summed E-state index contributed by atoms with van der Waals surface area (Å²) >= 11 is 0. The average Bonchev–Trinajstić information content (AvgIpc) is 3.07. The van der Waals surface area contributed by atoms with Crippen LogP contribution in [0.3, 0.4) is 0 Å². The summed E-state index contributed by atoms with van der Waals surface area (Å²) in [6.45, 7) is 2.12. The van der Waals surface area contributed by atoms with E-state index in [4.69, 9.17) is 14.2 Å². The van der Waals surface area contributed by atoms with Crippen LogP contribution in [0, 0.1) is 0 Å². The van der Waals surface area contributed by atoms with Gasteiger partial charge in [-0.3, -0.25) is 9.69 Å². The van der Waals surface area contributed by atoms with Crippen LogP contribution in [0.5, 0.6) is 11.5 Å². The van der Waals surface area contributed by atoms with Gasteiger partial charge in [-0.1, -0.05) is 0 Å². The summed E-state index contributed by atoms with van der Waals surface area (Å²) in [5, 5.41) is 0. The van der Waals surface area contributed by atoms with Crippen LogP contribution in [0.4, 0.5) is 0 Å². The number of ether oxygens (including phenoxy) is 3. The highest BCUT2D eigenvalue weighted by atomic mass is 32.2. The van der Waals surface area contributed by atoms with Gasteiger partial charge in [-0.05, 0) is 12.1 Å². The highest BCUT2D eigenvalue weighted by Gasteiger charge is 2.36. The molecule has 2 aliphatic heterocycles. The van der Waals surface area contributed by atoms with Gasteiger partial charge in [0, 0.05) is 38.7 Å². The lowest BCUT2D eigenvalue weighted by Gasteiger charge is -2.35. The molecule has 0 aliphatic carbocycles. The van der Waals surface area contributed by atoms with Gasteiger partial charge in [-0.15, -0.1) is 0 Å². The van der Waals surface area contributed by atoms with Gasteiger partial charge in [-0.2, -0.15) is 4.31 Å². The van der Waals surface area contributed by atoms with Gasteiger partial charge in [0.05, 0.1) is 25.7 Å². The van der Waals surface area contributed by atoms with Crippen LogP contribution in [0.2, 0.25) is 0 Å². The van der Waals surface area contributed by atoms with E-state index in [1.807, 2.05) is 4.90 Å². The molecule has 0 N–H and O–H groups in total. The molecular formula is C16H22N2O6S. The van der Waals surface area contributed by atoms with Crippen LogP contribution in [0.1, 0.15) is 6.42 Å². The first-order valence-corrected chi connectivity index (χ1v) is 9.54. The second-order valence-corrected chi connectivity index (χ2v) is 7.87. The topological polar surface area (TPSA) is 85.4 Å². The van der Waals surface area contributed by atoms with E-state index in [-0.39, 0.29) is 16.9 Å². The van der Waals surface area contributed by atoms with Crippen molar-refractivity contribution >= 4 is 16.0 Å². The SMILES string of the molecule is COc1ccc(S(=O)(=O)N2CCN(C3CCOC3=O)CC2)cc1OC. The monoisotopic (exact) mass is 370 g/mol. The number of piperazine rings is 1. The zero-order chi connectivity index (χ0) is 18.0. The molecule has 2 aliphatic rings. The van der Waals surface area contributed by atoms with E-state index in [2.05, 4.69) is 0 Å². The van der Waals surface area contributed by atoms with Crippen LogP contribution >= 0.6 is 0 Å².